The molecule has 36 heavy (non-hydrogen) atoms. The van der Waals surface area contributed by atoms with Crippen LogP contribution in [-0.4, -0.2) is 59.9 Å². The van der Waals surface area contributed by atoms with E-state index in [1.54, 1.807) is 48.5 Å². The van der Waals surface area contributed by atoms with Gasteiger partial charge in [-0.2, -0.15) is 13.2 Å². The second-order valence-corrected chi connectivity index (χ2v) is 8.21. The Balaban J connectivity index is 2.58. The van der Waals surface area contributed by atoms with Gasteiger partial charge in [-0.1, -0.05) is 67.2 Å². The number of carbonyl (C=O) groups is 3. The maximum atomic E-state index is 13.7. The second-order valence-electron chi connectivity index (χ2n) is 8.21. The van der Waals surface area contributed by atoms with Crippen molar-refractivity contribution in [2.24, 2.45) is 0 Å². The van der Waals surface area contributed by atoms with Crippen LogP contribution < -0.4 is 0 Å². The van der Waals surface area contributed by atoms with Crippen LogP contribution >= 0.6 is 0 Å². The van der Waals surface area contributed by atoms with Gasteiger partial charge >= 0.3 is 24.0 Å². The van der Waals surface area contributed by atoms with Gasteiger partial charge in [0.2, 0.25) is 0 Å². The number of alkyl halides is 3. The van der Waals surface area contributed by atoms with E-state index in [1.165, 1.54) is 19.1 Å². The molecule has 3 atom stereocenters. The number of aliphatic hydroxyl groups is 1. The first-order chi connectivity index (χ1) is 16.9. The van der Waals surface area contributed by atoms with E-state index in [0.717, 1.165) is 14.2 Å². The van der Waals surface area contributed by atoms with Crippen molar-refractivity contribution in [2.75, 3.05) is 14.2 Å². The van der Waals surface area contributed by atoms with Crippen molar-refractivity contribution in [3.63, 3.8) is 0 Å². The highest BCUT2D eigenvalue weighted by Gasteiger charge is 2.52. The zero-order valence-corrected chi connectivity index (χ0v) is 20.1. The highest BCUT2D eigenvalue weighted by Crippen LogP contribution is 2.35. The Morgan fingerprint density at radius 1 is 0.972 bits per heavy atom. The summed E-state index contributed by atoms with van der Waals surface area (Å²) >= 11 is 0. The van der Waals surface area contributed by atoms with Crippen molar-refractivity contribution < 1.29 is 42.1 Å². The van der Waals surface area contributed by atoms with Gasteiger partial charge in [-0.05, 0) is 23.6 Å². The Kier molecular flexibility index (Phi) is 9.41. The summed E-state index contributed by atoms with van der Waals surface area (Å²) in [5.41, 5.74) is -1.41. The van der Waals surface area contributed by atoms with Gasteiger partial charge in [0.05, 0.1) is 20.3 Å². The Labute approximate surface area is 207 Å². The fourth-order valence-electron chi connectivity index (χ4n) is 3.92. The summed E-state index contributed by atoms with van der Waals surface area (Å²) in [5, 5.41) is 11.3. The topological polar surface area (TPSA) is 93.1 Å². The molecule has 10 heteroatoms. The molecule has 0 aliphatic carbocycles. The zero-order chi connectivity index (χ0) is 27.1. The van der Waals surface area contributed by atoms with Crippen LogP contribution in [0.4, 0.5) is 13.2 Å². The van der Waals surface area contributed by atoms with Gasteiger partial charge in [-0.3, -0.25) is 4.79 Å². The minimum atomic E-state index is -5.35. The summed E-state index contributed by atoms with van der Waals surface area (Å²) in [4.78, 5) is 38.3. The Hall–Kier alpha value is -3.66. The van der Waals surface area contributed by atoms with Crippen molar-refractivity contribution in [3.8, 4) is 0 Å². The summed E-state index contributed by atoms with van der Waals surface area (Å²) in [6.45, 7) is 5.16. The lowest BCUT2D eigenvalue weighted by Crippen LogP contribution is -2.56. The van der Waals surface area contributed by atoms with Crippen LogP contribution in [0.5, 0.6) is 0 Å². The third kappa shape index (κ3) is 6.72. The van der Waals surface area contributed by atoms with Crippen LogP contribution in [0.15, 0.2) is 67.2 Å². The molecule has 2 aromatic rings. The van der Waals surface area contributed by atoms with E-state index in [2.05, 4.69) is 6.58 Å². The predicted molar refractivity (Wildman–Crippen MR) is 125 cm³/mol. The number of nitrogens with zero attached hydrogens (tertiary/aromatic N) is 1. The summed E-state index contributed by atoms with van der Waals surface area (Å²) in [5.74, 6) is -4.79. The monoisotopic (exact) mass is 507 g/mol. The number of halogens is 3. The Morgan fingerprint density at radius 2 is 1.50 bits per heavy atom. The van der Waals surface area contributed by atoms with E-state index >= 15 is 0 Å². The highest BCUT2D eigenvalue weighted by molar-refractivity contribution is 5.90. The first kappa shape index (κ1) is 28.6. The average Bonchev–Trinajstić information content (AvgIpc) is 2.87. The van der Waals surface area contributed by atoms with Crippen molar-refractivity contribution in [1.29, 1.82) is 0 Å². The summed E-state index contributed by atoms with van der Waals surface area (Å²) in [6.07, 6.45) is -6.77. The van der Waals surface area contributed by atoms with Gasteiger partial charge in [0.25, 0.3) is 0 Å². The zero-order valence-electron chi connectivity index (χ0n) is 20.1. The molecule has 2 aromatic carbocycles. The first-order valence-electron chi connectivity index (χ1n) is 10.9. The Morgan fingerprint density at radius 3 is 1.97 bits per heavy atom. The molecule has 0 saturated heterocycles. The summed E-state index contributed by atoms with van der Waals surface area (Å²) in [7, 11) is 1.91. The number of esters is 2. The first-order valence-corrected chi connectivity index (χ1v) is 10.9. The molecule has 1 amide bonds. The molecule has 0 saturated carbocycles. The third-order valence-corrected chi connectivity index (χ3v) is 5.77. The van der Waals surface area contributed by atoms with E-state index < -0.39 is 54.5 Å². The maximum Gasteiger partial charge on any atom is 0.471 e. The molecule has 0 heterocycles. The quantitative estimate of drug-likeness (QED) is 0.488. The molecule has 0 radical (unpaired) electrons. The van der Waals surface area contributed by atoms with Crippen LogP contribution in [-0.2, 0) is 23.9 Å². The molecule has 194 valence electrons. The standard InChI is InChI=1S/C26H28F3NO6/c1-17(19-11-7-5-8-12-19)15-25(34,24(33)36-4)16-21(22(31)35-3)30(23(32)26(27,28)29)18(2)20-13-9-6-10-14-20/h5-14,18,21,34H,1,15-16H2,2-4H3/t18-,21+,25-/m1/s1. The fraction of sp³-hybridized carbons (Fsp3) is 0.346. The number of hydrogen-bond acceptors (Lipinski definition) is 6. The molecule has 1 N–H and O–H groups in total. The van der Waals surface area contributed by atoms with Gasteiger partial charge < -0.3 is 19.5 Å². The van der Waals surface area contributed by atoms with Crippen LogP contribution in [0.2, 0.25) is 0 Å². The number of methoxy groups -OCH3 is 2. The fourth-order valence-corrected chi connectivity index (χ4v) is 3.92. The summed E-state index contributed by atoms with van der Waals surface area (Å²) < 4.78 is 50.5. The van der Waals surface area contributed by atoms with Crippen LogP contribution in [0.25, 0.3) is 5.57 Å². The molecule has 0 aliphatic heterocycles. The molecule has 2 rings (SSSR count). The van der Waals surface area contributed by atoms with Gasteiger partial charge in [0.15, 0.2) is 5.60 Å². The van der Waals surface area contributed by atoms with E-state index in [-0.39, 0.29) is 10.5 Å². The van der Waals surface area contributed by atoms with E-state index in [1.807, 2.05) is 0 Å². The smallest absolute Gasteiger partial charge is 0.467 e. The van der Waals surface area contributed by atoms with Gasteiger partial charge in [-0.25, -0.2) is 9.59 Å². The van der Waals surface area contributed by atoms with Gasteiger partial charge in [-0.15, -0.1) is 0 Å². The number of ether oxygens (including phenoxy) is 2. The van der Waals surface area contributed by atoms with Gasteiger partial charge in [0.1, 0.15) is 6.04 Å². The molecular formula is C26H28F3NO6. The van der Waals surface area contributed by atoms with Crippen LogP contribution in [0, 0.1) is 0 Å². The van der Waals surface area contributed by atoms with Crippen LogP contribution in [0.3, 0.4) is 0 Å². The Bertz CT molecular complexity index is 1070. The number of rotatable bonds is 10. The number of carbonyl (C=O) groups excluding carboxylic acids is 3. The van der Waals surface area contributed by atoms with Crippen molar-refractivity contribution in [3.05, 3.63) is 78.4 Å². The lowest BCUT2D eigenvalue weighted by molar-refractivity contribution is -0.195. The van der Waals surface area contributed by atoms with Gasteiger partial charge in [0, 0.05) is 12.8 Å². The maximum absolute atomic E-state index is 13.7. The molecule has 0 spiro atoms. The number of benzene rings is 2. The predicted octanol–water partition coefficient (Wildman–Crippen LogP) is 4.08. The highest BCUT2D eigenvalue weighted by atomic mass is 19.4. The third-order valence-electron chi connectivity index (χ3n) is 5.77. The van der Waals surface area contributed by atoms with Crippen molar-refractivity contribution in [2.45, 2.75) is 43.6 Å². The molecule has 0 bridgehead atoms. The molecule has 0 aliphatic rings. The van der Waals surface area contributed by atoms with E-state index in [9.17, 15) is 32.7 Å². The second kappa shape index (κ2) is 11.9. The number of hydrogen-bond donors (Lipinski definition) is 1. The SMILES string of the molecule is C=C(C[C@@](O)(C[C@@H](C(=O)OC)N(C(=O)C(F)(F)F)[C@H](C)c1ccccc1)C(=O)OC)c1ccccc1. The largest absolute Gasteiger partial charge is 0.471 e. The average molecular weight is 508 g/mol. The van der Waals surface area contributed by atoms with Crippen LogP contribution in [0.1, 0.15) is 36.9 Å². The molecule has 7 nitrogen and oxygen atoms in total. The van der Waals surface area contributed by atoms with Crippen molar-refractivity contribution >= 4 is 23.4 Å². The minimum absolute atomic E-state index is 0.261. The lowest BCUT2D eigenvalue weighted by atomic mass is 9.85. The van der Waals surface area contributed by atoms with E-state index in [0.29, 0.717) is 11.1 Å². The molecular weight excluding hydrogens is 479 g/mol. The number of amides is 1. The normalized spacial score (nSPS) is 14.6. The lowest BCUT2D eigenvalue weighted by Gasteiger charge is -2.39. The van der Waals surface area contributed by atoms with Crippen molar-refractivity contribution in [1.82, 2.24) is 4.90 Å². The minimum Gasteiger partial charge on any atom is -0.467 e. The molecule has 0 unspecified atom stereocenters. The molecule has 0 fully saturated rings. The molecule has 0 aromatic heterocycles. The summed E-state index contributed by atoms with van der Waals surface area (Å²) in [6, 6.07) is 12.9. The van der Waals surface area contributed by atoms with E-state index in [4.69, 9.17) is 9.47 Å².